The Labute approximate surface area is 433 Å². The quantitative estimate of drug-likeness (QED) is 0.112. The molecule has 6 heteroatoms. The molecule has 0 spiro atoms. The fourth-order valence-corrected chi connectivity index (χ4v) is 19.2. The zero-order chi connectivity index (χ0) is 48.7. The van der Waals surface area contributed by atoms with E-state index in [1.54, 1.807) is 0 Å². The lowest BCUT2D eigenvalue weighted by Gasteiger charge is -2.26. The van der Waals surface area contributed by atoms with E-state index >= 15 is 0 Å². The molecule has 344 valence electrons. The molecular weight excluding hydrogens is 959 g/mol. The van der Waals surface area contributed by atoms with Crippen molar-refractivity contribution in [1.82, 2.24) is 9.38 Å². The fraction of sp³-hybridized carbons (Fsp3) is 0. The number of nitrogens with zero attached hydrogens (tertiary/aromatic N) is 2. The van der Waals surface area contributed by atoms with Crippen molar-refractivity contribution in [1.29, 1.82) is 0 Å². The number of pyridine rings is 1. The molecule has 0 saturated heterocycles. The molecule has 14 rings (SSSR count). The molecule has 0 fully saturated rings. The van der Waals surface area contributed by atoms with Gasteiger partial charge in [-0.2, -0.15) is 0 Å². The van der Waals surface area contributed by atoms with E-state index in [9.17, 15) is 0 Å². The van der Waals surface area contributed by atoms with Crippen LogP contribution in [0.5, 0.6) is 0 Å². The number of benzene rings is 12. The van der Waals surface area contributed by atoms with Gasteiger partial charge in [0.05, 0.1) is 16.6 Å². The van der Waals surface area contributed by atoms with Crippen LogP contribution in [0.2, 0.25) is 0 Å². The molecule has 2 aromatic heterocycles. The summed E-state index contributed by atoms with van der Waals surface area (Å²) < 4.78 is 2.42. The third-order valence-corrected chi connectivity index (χ3v) is 24.8. The molecule has 0 N–H and O–H groups in total. The highest BCUT2D eigenvalue weighted by atomic mass is 32.4. The highest BCUT2D eigenvalue weighted by Crippen LogP contribution is 2.47. The average molecular weight is 1000 g/mol. The number of rotatable bonds is 8. The standard InChI is InChI=1S/C67H44N2P2S2/c72-70(51-18-5-1-6-19-51,52-20-7-2-8-21-52)55-35-31-47-41-46(29-30-48(47)42-55)49-34-39-62-64(43-49)69-63-44-50(33-36-59(63)61-37-32-45-17-13-14-26-57(45)66(61)67(69)68-62)56-38-40-65(60-28-16-15-27-58(56)60)71(73,53-22-9-3-10-23-53)54-24-11-4-12-25-54/h1-44H. The number of imidazole rings is 1. The van der Waals surface area contributed by atoms with Crippen molar-refractivity contribution < 1.29 is 0 Å². The summed E-state index contributed by atoms with van der Waals surface area (Å²) in [5, 5.41) is 17.8. The van der Waals surface area contributed by atoms with Crippen molar-refractivity contribution in [2.24, 2.45) is 0 Å². The molecule has 14 aromatic rings. The van der Waals surface area contributed by atoms with Crippen molar-refractivity contribution in [2.45, 2.75) is 0 Å². The molecule has 0 saturated carbocycles. The lowest BCUT2D eigenvalue weighted by molar-refractivity contribution is 1.32. The predicted molar refractivity (Wildman–Crippen MR) is 323 cm³/mol. The van der Waals surface area contributed by atoms with Crippen LogP contribution in [0.1, 0.15) is 0 Å². The molecule has 0 aliphatic rings. The Balaban J connectivity index is 0.954. The van der Waals surface area contributed by atoms with Crippen molar-refractivity contribution in [3.05, 3.63) is 267 Å². The summed E-state index contributed by atoms with van der Waals surface area (Å²) in [6, 6.07) is 92.2. The van der Waals surface area contributed by atoms with Crippen LogP contribution in [0.3, 0.4) is 0 Å². The number of fused-ring (bicyclic) bond motifs is 12. The van der Waals surface area contributed by atoms with E-state index in [2.05, 4.69) is 271 Å². The largest absolute Gasteiger partial charge is 0.292 e. The van der Waals surface area contributed by atoms with Crippen LogP contribution in [0, 0.1) is 0 Å². The van der Waals surface area contributed by atoms with Crippen LogP contribution in [0.25, 0.3) is 92.9 Å². The first-order valence-corrected chi connectivity index (χ1v) is 30.3. The Bertz CT molecular complexity index is 4530. The van der Waals surface area contributed by atoms with Gasteiger partial charge in [0.1, 0.15) is 5.65 Å². The minimum atomic E-state index is -2.43. The zero-order valence-corrected chi connectivity index (χ0v) is 42.9. The van der Waals surface area contributed by atoms with Crippen LogP contribution in [-0.2, 0) is 23.6 Å². The summed E-state index contributed by atoms with van der Waals surface area (Å²) in [6.45, 7) is 0. The van der Waals surface area contributed by atoms with Gasteiger partial charge in [0, 0.05) is 28.2 Å². The summed E-state index contributed by atoms with van der Waals surface area (Å²) in [4.78, 5) is 5.51. The summed E-state index contributed by atoms with van der Waals surface area (Å²) in [6.07, 6.45) is 0. The molecule has 0 bridgehead atoms. The third-order valence-electron chi connectivity index (χ3n) is 14.9. The smallest absolute Gasteiger partial charge is 0.147 e. The van der Waals surface area contributed by atoms with Gasteiger partial charge < -0.3 is 0 Å². The first-order valence-electron chi connectivity index (χ1n) is 24.6. The first kappa shape index (κ1) is 43.9. The van der Waals surface area contributed by atoms with Crippen molar-refractivity contribution in [2.75, 3.05) is 0 Å². The lowest BCUT2D eigenvalue weighted by atomic mass is 9.95. The average Bonchev–Trinajstić information content (AvgIpc) is 3.86. The van der Waals surface area contributed by atoms with E-state index in [4.69, 9.17) is 28.6 Å². The van der Waals surface area contributed by atoms with Gasteiger partial charge in [-0.15, -0.1) is 0 Å². The van der Waals surface area contributed by atoms with Crippen LogP contribution >= 0.6 is 12.1 Å². The lowest BCUT2D eigenvalue weighted by Crippen LogP contribution is -2.25. The van der Waals surface area contributed by atoms with Crippen molar-refractivity contribution in [3.63, 3.8) is 0 Å². The normalized spacial score (nSPS) is 12.2. The Morgan fingerprint density at radius 3 is 1.51 bits per heavy atom. The van der Waals surface area contributed by atoms with Crippen molar-refractivity contribution >= 4 is 138 Å². The molecule has 73 heavy (non-hydrogen) atoms. The topological polar surface area (TPSA) is 17.3 Å². The second kappa shape index (κ2) is 17.5. The van der Waals surface area contributed by atoms with Gasteiger partial charge in [0.15, 0.2) is 0 Å². The minimum absolute atomic E-state index is 0.953. The molecule has 0 unspecified atom stereocenters. The summed E-state index contributed by atoms with van der Waals surface area (Å²) in [7, 11) is 0. The van der Waals surface area contributed by atoms with E-state index in [-0.39, 0.29) is 0 Å². The molecule has 2 nitrogen and oxygen atoms in total. The second-order valence-electron chi connectivity index (χ2n) is 18.9. The zero-order valence-electron chi connectivity index (χ0n) is 39.5. The maximum atomic E-state index is 6.94. The Hall–Kier alpha value is -7.81. The number of hydrogen-bond donors (Lipinski definition) is 0. The van der Waals surface area contributed by atoms with Gasteiger partial charge in [-0.3, -0.25) is 4.40 Å². The van der Waals surface area contributed by atoms with Gasteiger partial charge in [-0.05, 0) is 117 Å². The van der Waals surface area contributed by atoms with E-state index in [0.29, 0.717) is 0 Å². The van der Waals surface area contributed by atoms with E-state index in [1.165, 1.54) is 80.5 Å². The van der Waals surface area contributed by atoms with E-state index in [1.807, 2.05) is 0 Å². The van der Waals surface area contributed by atoms with Gasteiger partial charge in [-0.1, -0.05) is 260 Å². The molecule has 0 amide bonds. The fourth-order valence-electron chi connectivity index (χ4n) is 11.4. The molecule has 0 aliphatic carbocycles. The van der Waals surface area contributed by atoms with E-state index < -0.39 is 12.1 Å². The Morgan fingerprint density at radius 2 is 0.822 bits per heavy atom. The summed E-state index contributed by atoms with van der Waals surface area (Å²) in [5.74, 6) is 0. The molecular formula is C67H44N2P2S2. The van der Waals surface area contributed by atoms with Crippen LogP contribution in [-0.4, -0.2) is 9.38 Å². The van der Waals surface area contributed by atoms with E-state index in [0.717, 1.165) is 44.3 Å². The Morgan fingerprint density at radius 1 is 0.315 bits per heavy atom. The molecule has 0 radical (unpaired) electrons. The minimum Gasteiger partial charge on any atom is -0.292 e. The van der Waals surface area contributed by atoms with Crippen LogP contribution < -0.4 is 31.8 Å². The second-order valence-corrected chi connectivity index (χ2v) is 27.7. The van der Waals surface area contributed by atoms with Crippen molar-refractivity contribution in [3.8, 4) is 22.3 Å². The maximum Gasteiger partial charge on any atom is 0.147 e. The highest BCUT2D eigenvalue weighted by molar-refractivity contribution is 8.26. The van der Waals surface area contributed by atoms with Gasteiger partial charge >= 0.3 is 0 Å². The highest BCUT2D eigenvalue weighted by Gasteiger charge is 2.28. The predicted octanol–water partition coefficient (Wildman–Crippen LogP) is 15.1. The molecule has 2 heterocycles. The third kappa shape index (κ3) is 7.01. The van der Waals surface area contributed by atoms with Crippen LogP contribution in [0.4, 0.5) is 0 Å². The molecule has 0 aliphatic heterocycles. The number of hydrogen-bond acceptors (Lipinski definition) is 3. The summed E-state index contributed by atoms with van der Waals surface area (Å²) >= 11 is 13.7. The Kier molecular flexibility index (Phi) is 10.5. The monoisotopic (exact) mass is 1000 g/mol. The van der Waals surface area contributed by atoms with Gasteiger partial charge in [-0.25, -0.2) is 4.98 Å². The first-order chi connectivity index (χ1) is 35.9. The van der Waals surface area contributed by atoms with Gasteiger partial charge in [0.2, 0.25) is 0 Å². The van der Waals surface area contributed by atoms with Gasteiger partial charge in [0.25, 0.3) is 0 Å². The summed E-state index contributed by atoms with van der Waals surface area (Å²) in [5.41, 5.74) is 8.68. The molecule has 12 aromatic carbocycles. The maximum absolute atomic E-state index is 6.94. The number of aromatic nitrogens is 2. The SMILES string of the molecule is S=P(c1ccccc1)(c1ccccc1)c1ccc2cc(-c3ccc4nc5c6c7ccccc7ccc6c6ccc(-c7ccc(P(=S)(c8ccccc8)c8ccccc8)c8ccccc78)cc6n5c4c3)ccc2c1. The molecule has 0 atom stereocenters. The van der Waals surface area contributed by atoms with Crippen LogP contribution in [0.15, 0.2) is 267 Å².